The molecule has 2 aromatic rings. The largest absolute Gasteiger partial charge is 0.391 e. The molecule has 4 atom stereocenters. The third-order valence-electron chi connectivity index (χ3n) is 6.25. The van der Waals surface area contributed by atoms with E-state index in [-0.39, 0.29) is 30.8 Å². The van der Waals surface area contributed by atoms with E-state index in [2.05, 4.69) is 10.3 Å². The van der Waals surface area contributed by atoms with Crippen LogP contribution in [0.1, 0.15) is 44.5 Å². The molecule has 1 fully saturated rings. The van der Waals surface area contributed by atoms with Crippen molar-refractivity contribution in [2.45, 2.75) is 58.3 Å². The second kappa shape index (κ2) is 10.5. The van der Waals surface area contributed by atoms with Crippen molar-refractivity contribution in [3.05, 3.63) is 41.0 Å². The normalized spacial score (nSPS) is 20.4. The van der Waals surface area contributed by atoms with Crippen LogP contribution in [0, 0.1) is 12.3 Å². The molecule has 0 spiro atoms. The number of hydrogen-bond acceptors (Lipinski definition) is 7. The molecule has 2 heterocycles. The number of rotatable bonds is 7. The van der Waals surface area contributed by atoms with Gasteiger partial charge in [0, 0.05) is 19.5 Å². The van der Waals surface area contributed by atoms with E-state index in [0.717, 1.165) is 21.7 Å². The molecule has 0 aliphatic carbocycles. The summed E-state index contributed by atoms with van der Waals surface area (Å²) in [7, 11) is 3.90. The first-order chi connectivity index (χ1) is 15.9. The van der Waals surface area contributed by atoms with E-state index in [1.807, 2.05) is 76.5 Å². The number of thiazole rings is 1. The Hall–Kier alpha value is -2.33. The lowest BCUT2D eigenvalue weighted by molar-refractivity contribution is -0.141. The highest BCUT2D eigenvalue weighted by Crippen LogP contribution is 2.29. The number of aliphatic hydroxyl groups is 1. The predicted octanol–water partition coefficient (Wildman–Crippen LogP) is 2.17. The van der Waals surface area contributed by atoms with Gasteiger partial charge in [-0.3, -0.25) is 9.59 Å². The summed E-state index contributed by atoms with van der Waals surface area (Å²) in [6.45, 7) is 8.37. The molecule has 1 aliphatic rings. The molecule has 0 radical (unpaired) electrons. The van der Waals surface area contributed by atoms with Gasteiger partial charge in [-0.05, 0) is 37.6 Å². The van der Waals surface area contributed by atoms with E-state index in [1.54, 1.807) is 11.3 Å². The Morgan fingerprint density at radius 3 is 2.47 bits per heavy atom. The van der Waals surface area contributed by atoms with Crippen molar-refractivity contribution < 1.29 is 14.7 Å². The highest BCUT2D eigenvalue weighted by molar-refractivity contribution is 7.13. The summed E-state index contributed by atoms with van der Waals surface area (Å²) in [6.07, 6.45) is -0.548. The number of likely N-dealkylation sites (tertiary alicyclic amines) is 1. The molecule has 1 aliphatic heterocycles. The number of β-amino-alcohol motifs (C(OH)–C–C–N with tert-alkyl or cyclic N) is 1. The van der Waals surface area contributed by atoms with Crippen LogP contribution in [0.5, 0.6) is 0 Å². The average molecular weight is 488 g/mol. The number of aromatic nitrogens is 1. The number of hydrogen-bond donors (Lipinski definition) is 3. The minimum Gasteiger partial charge on any atom is -0.391 e. The van der Waals surface area contributed by atoms with Crippen LogP contribution >= 0.6 is 11.3 Å². The number of aliphatic hydroxyl groups excluding tert-OH is 1. The third kappa shape index (κ3) is 6.02. The minimum absolute atomic E-state index is 0.113. The number of nitrogens with one attached hydrogen (secondary N) is 1. The standard InChI is InChI=1S/C25H37N5O3S/c1-15-21(34-14-27-15)17-9-7-16(8-10-17)19(13-29(5)6)28-23(32)20-11-18(31)12-30(20)24(33)22(26)25(2,3)4/h7-10,14,18-20,22,31H,11-13,26H2,1-6H3,(H,28,32)/t18-,19?,20+,22-/m1/s1. The summed E-state index contributed by atoms with van der Waals surface area (Å²) in [5.74, 6) is -0.585. The van der Waals surface area contributed by atoms with Gasteiger partial charge in [0.2, 0.25) is 11.8 Å². The molecule has 3 rings (SSSR count). The van der Waals surface area contributed by atoms with Crippen LogP contribution in [0.4, 0.5) is 0 Å². The van der Waals surface area contributed by atoms with Crippen molar-refractivity contribution in [1.29, 1.82) is 0 Å². The number of benzene rings is 1. The number of likely N-dealkylation sites (N-methyl/N-ethyl adjacent to an activating group) is 1. The predicted molar refractivity (Wildman–Crippen MR) is 135 cm³/mol. The Bertz CT molecular complexity index is 999. The zero-order chi connectivity index (χ0) is 25.2. The maximum atomic E-state index is 13.4. The van der Waals surface area contributed by atoms with E-state index in [4.69, 9.17) is 5.73 Å². The summed E-state index contributed by atoms with van der Waals surface area (Å²) in [5.41, 5.74) is 10.6. The van der Waals surface area contributed by atoms with Gasteiger partial charge in [0.05, 0.1) is 34.3 Å². The topological polar surface area (TPSA) is 112 Å². The number of amides is 2. The molecule has 8 nitrogen and oxygen atoms in total. The van der Waals surface area contributed by atoms with E-state index in [9.17, 15) is 14.7 Å². The monoisotopic (exact) mass is 487 g/mol. The van der Waals surface area contributed by atoms with Crippen LogP contribution in [-0.2, 0) is 9.59 Å². The Kier molecular flexibility index (Phi) is 8.13. The molecule has 1 aromatic carbocycles. The van der Waals surface area contributed by atoms with Gasteiger partial charge in [0.1, 0.15) is 6.04 Å². The smallest absolute Gasteiger partial charge is 0.243 e. The molecule has 9 heteroatoms. The lowest BCUT2D eigenvalue weighted by atomic mass is 9.86. The summed E-state index contributed by atoms with van der Waals surface area (Å²) in [5, 5.41) is 13.4. The van der Waals surface area contributed by atoms with Gasteiger partial charge in [-0.1, -0.05) is 45.0 Å². The molecule has 34 heavy (non-hydrogen) atoms. The second-order valence-corrected chi connectivity index (χ2v) is 11.3. The lowest BCUT2D eigenvalue weighted by Crippen LogP contribution is -2.55. The molecule has 186 valence electrons. The molecule has 4 N–H and O–H groups in total. The van der Waals surface area contributed by atoms with Gasteiger partial charge < -0.3 is 26.0 Å². The van der Waals surface area contributed by atoms with Gasteiger partial charge in [0.15, 0.2) is 0 Å². The second-order valence-electron chi connectivity index (χ2n) is 10.5. The van der Waals surface area contributed by atoms with Crippen molar-refractivity contribution >= 4 is 23.2 Å². The van der Waals surface area contributed by atoms with Gasteiger partial charge in [0.25, 0.3) is 0 Å². The maximum Gasteiger partial charge on any atom is 0.243 e. The number of carbonyl (C=O) groups excluding carboxylic acids is 2. The van der Waals surface area contributed by atoms with Crippen LogP contribution < -0.4 is 11.1 Å². The fraction of sp³-hybridized carbons (Fsp3) is 0.560. The van der Waals surface area contributed by atoms with Crippen molar-refractivity contribution in [1.82, 2.24) is 20.1 Å². The van der Waals surface area contributed by atoms with Crippen LogP contribution in [0.15, 0.2) is 29.8 Å². The molecule has 1 saturated heterocycles. The van der Waals surface area contributed by atoms with E-state index in [0.29, 0.717) is 6.54 Å². The first-order valence-corrected chi connectivity index (χ1v) is 12.5. The zero-order valence-corrected chi connectivity index (χ0v) is 21.7. The highest BCUT2D eigenvalue weighted by atomic mass is 32.1. The van der Waals surface area contributed by atoms with E-state index in [1.165, 1.54) is 4.90 Å². The molecular weight excluding hydrogens is 450 g/mol. The maximum absolute atomic E-state index is 13.4. The highest BCUT2D eigenvalue weighted by Gasteiger charge is 2.43. The van der Waals surface area contributed by atoms with Gasteiger partial charge >= 0.3 is 0 Å². The summed E-state index contributed by atoms with van der Waals surface area (Å²) in [4.78, 5) is 35.3. The van der Waals surface area contributed by atoms with Crippen LogP contribution in [-0.4, -0.2) is 77.1 Å². The SMILES string of the molecule is Cc1ncsc1-c1ccc(C(CN(C)C)NC(=O)[C@@H]2C[C@@H](O)CN2C(=O)[C@@H](N)C(C)(C)C)cc1. The molecule has 0 saturated carbocycles. The van der Waals surface area contributed by atoms with Crippen LogP contribution in [0.25, 0.3) is 10.4 Å². The Morgan fingerprint density at radius 1 is 1.29 bits per heavy atom. The van der Waals surface area contributed by atoms with Crippen LogP contribution in [0.2, 0.25) is 0 Å². The fourth-order valence-corrected chi connectivity index (χ4v) is 4.98. The average Bonchev–Trinajstić information content (AvgIpc) is 3.36. The summed E-state index contributed by atoms with van der Waals surface area (Å²) < 4.78 is 0. The van der Waals surface area contributed by atoms with Crippen molar-refractivity contribution in [2.75, 3.05) is 27.2 Å². The molecule has 1 aromatic heterocycles. The first-order valence-electron chi connectivity index (χ1n) is 11.6. The molecule has 0 bridgehead atoms. The van der Waals surface area contributed by atoms with E-state index < -0.39 is 23.6 Å². The quantitative estimate of drug-likeness (QED) is 0.552. The molecular formula is C25H37N5O3S. The number of nitrogens with two attached hydrogens (primary N) is 1. The van der Waals surface area contributed by atoms with E-state index >= 15 is 0 Å². The molecule has 1 unspecified atom stereocenters. The van der Waals surface area contributed by atoms with Gasteiger partial charge in [-0.15, -0.1) is 11.3 Å². The summed E-state index contributed by atoms with van der Waals surface area (Å²) in [6, 6.07) is 6.35. The number of carbonyl (C=O) groups is 2. The van der Waals surface area contributed by atoms with Crippen molar-refractivity contribution in [2.24, 2.45) is 11.1 Å². The van der Waals surface area contributed by atoms with Crippen LogP contribution in [0.3, 0.4) is 0 Å². The van der Waals surface area contributed by atoms with Gasteiger partial charge in [-0.25, -0.2) is 4.98 Å². The van der Waals surface area contributed by atoms with Crippen molar-refractivity contribution in [3.8, 4) is 10.4 Å². The number of nitrogens with zero attached hydrogens (tertiary/aromatic N) is 3. The Morgan fingerprint density at radius 2 is 1.94 bits per heavy atom. The third-order valence-corrected chi connectivity index (χ3v) is 7.23. The zero-order valence-electron chi connectivity index (χ0n) is 20.9. The Balaban J connectivity index is 1.79. The van der Waals surface area contributed by atoms with Gasteiger partial charge in [-0.2, -0.15) is 0 Å². The Labute approximate surface area is 206 Å². The molecule has 2 amide bonds. The van der Waals surface area contributed by atoms with Crippen molar-refractivity contribution in [3.63, 3.8) is 0 Å². The summed E-state index contributed by atoms with van der Waals surface area (Å²) >= 11 is 1.60. The lowest BCUT2D eigenvalue weighted by Gasteiger charge is -2.33. The number of aryl methyl sites for hydroxylation is 1. The minimum atomic E-state index is -0.756. The fourth-order valence-electron chi connectivity index (χ4n) is 4.17. The first kappa shape index (κ1) is 26.3.